The Balaban J connectivity index is 1.53. The predicted molar refractivity (Wildman–Crippen MR) is 132 cm³/mol. The Morgan fingerprint density at radius 1 is 1.21 bits per heavy atom. The number of phosphoric acid groups is 1. The highest BCUT2D eigenvalue weighted by atomic mass is 35.5. The van der Waals surface area contributed by atoms with Crippen molar-refractivity contribution in [2.45, 2.75) is 57.8 Å². The maximum absolute atomic E-state index is 13.3. The number of rotatable bonds is 9. The molecule has 2 aromatic rings. The zero-order chi connectivity index (χ0) is 28.2. The smallest absolute Gasteiger partial charge is 0.456 e. The molecule has 212 valence electrons. The summed E-state index contributed by atoms with van der Waals surface area (Å²) < 4.78 is 47.9. The first-order chi connectivity index (χ1) is 18.6. The van der Waals surface area contributed by atoms with Gasteiger partial charge in [0, 0.05) is 31.8 Å². The van der Waals surface area contributed by atoms with E-state index in [0.717, 1.165) is 0 Å². The third-order valence-corrected chi connectivity index (χ3v) is 7.41. The first-order valence-electron chi connectivity index (χ1n) is 12.1. The lowest BCUT2D eigenvalue weighted by Gasteiger charge is -2.30. The Labute approximate surface area is 228 Å². The quantitative estimate of drug-likeness (QED) is 0.337. The summed E-state index contributed by atoms with van der Waals surface area (Å²) in [6.45, 7) is 4.11. The van der Waals surface area contributed by atoms with Crippen molar-refractivity contribution in [1.82, 2.24) is 20.1 Å². The molecule has 2 aliphatic rings. The Morgan fingerprint density at radius 2 is 1.95 bits per heavy atom. The first-order valence-corrected chi connectivity index (χ1v) is 13.9. The maximum Gasteiger partial charge on any atom is 0.475 e. The zero-order valence-corrected chi connectivity index (χ0v) is 23.0. The van der Waals surface area contributed by atoms with Crippen LogP contribution in [0.5, 0.6) is 0 Å². The van der Waals surface area contributed by atoms with Crippen LogP contribution < -0.4 is 5.32 Å². The van der Waals surface area contributed by atoms with E-state index >= 15 is 0 Å². The molecule has 4 rings (SSSR count). The van der Waals surface area contributed by atoms with Crippen LogP contribution in [0.25, 0.3) is 0 Å². The Hall–Kier alpha value is -2.87. The van der Waals surface area contributed by atoms with E-state index in [1.807, 2.05) is 0 Å². The van der Waals surface area contributed by atoms with Gasteiger partial charge in [0.2, 0.25) is 5.82 Å². The van der Waals surface area contributed by atoms with Crippen LogP contribution in [-0.4, -0.2) is 70.7 Å². The largest absolute Gasteiger partial charge is 0.475 e. The van der Waals surface area contributed by atoms with Gasteiger partial charge in [-0.1, -0.05) is 23.7 Å². The molecule has 0 aliphatic carbocycles. The Kier molecular flexibility index (Phi) is 9.36. The van der Waals surface area contributed by atoms with Gasteiger partial charge in [-0.3, -0.25) is 28.0 Å². The molecule has 2 fully saturated rings. The summed E-state index contributed by atoms with van der Waals surface area (Å²) in [4.78, 5) is 39.9. The van der Waals surface area contributed by atoms with Crippen molar-refractivity contribution in [3.63, 3.8) is 0 Å². The lowest BCUT2D eigenvalue weighted by atomic mass is 10.1. The van der Waals surface area contributed by atoms with Gasteiger partial charge in [-0.2, -0.15) is 0 Å². The number of phosphoric ester groups is 1. The zero-order valence-electron chi connectivity index (χ0n) is 21.4. The van der Waals surface area contributed by atoms with Crippen molar-refractivity contribution in [3.05, 3.63) is 47.0 Å². The van der Waals surface area contributed by atoms with Gasteiger partial charge >= 0.3 is 19.8 Å². The van der Waals surface area contributed by atoms with Gasteiger partial charge in [0.05, 0.1) is 19.3 Å². The fourth-order valence-corrected chi connectivity index (χ4v) is 5.72. The molecule has 6 unspecified atom stereocenters. The van der Waals surface area contributed by atoms with Crippen molar-refractivity contribution in [2.75, 3.05) is 19.8 Å². The van der Waals surface area contributed by atoms with Crippen LogP contribution >= 0.6 is 19.4 Å². The summed E-state index contributed by atoms with van der Waals surface area (Å²) in [5, 5.41) is 7.18. The third-order valence-electron chi connectivity index (χ3n) is 5.70. The highest BCUT2D eigenvalue weighted by Gasteiger charge is 2.52. The van der Waals surface area contributed by atoms with Crippen molar-refractivity contribution < 1.29 is 46.7 Å². The van der Waals surface area contributed by atoms with E-state index in [1.165, 1.54) is 24.9 Å². The molecular weight excluding hydrogens is 559 g/mol. The highest BCUT2D eigenvalue weighted by Crippen LogP contribution is 2.57. The minimum atomic E-state index is -4.08. The normalized spacial score (nSPS) is 28.6. The molecular formula is C23H28ClN4O10P. The molecule has 16 heteroatoms. The van der Waals surface area contributed by atoms with E-state index in [1.54, 1.807) is 31.2 Å². The summed E-state index contributed by atoms with van der Waals surface area (Å²) in [5.41, 5.74) is 0.702. The number of ether oxygens (including phenoxy) is 3. The lowest BCUT2D eigenvalue weighted by molar-refractivity contribution is -0.166. The minimum Gasteiger partial charge on any atom is -0.456 e. The van der Waals surface area contributed by atoms with Gasteiger partial charge in [-0.15, -0.1) is 5.10 Å². The van der Waals surface area contributed by atoms with E-state index in [-0.39, 0.29) is 12.4 Å². The van der Waals surface area contributed by atoms with Gasteiger partial charge in [0.1, 0.15) is 12.4 Å². The molecule has 0 spiro atoms. The number of nitrogens with one attached hydrogen (secondary N) is 1. The first kappa shape index (κ1) is 29.1. The molecule has 0 bridgehead atoms. The van der Waals surface area contributed by atoms with Crippen LogP contribution in [0.15, 0.2) is 30.6 Å². The van der Waals surface area contributed by atoms with Gasteiger partial charge < -0.3 is 19.5 Å². The predicted octanol–water partition coefficient (Wildman–Crippen LogP) is 2.74. The molecule has 1 aromatic heterocycles. The van der Waals surface area contributed by atoms with Gasteiger partial charge in [0.15, 0.2) is 18.4 Å². The van der Waals surface area contributed by atoms with Crippen LogP contribution in [0.4, 0.5) is 0 Å². The number of aromatic nitrogens is 3. The summed E-state index contributed by atoms with van der Waals surface area (Å²) in [6.07, 6.45) is -3.60. The van der Waals surface area contributed by atoms with Gasteiger partial charge in [0.25, 0.3) is 5.91 Å². The fraction of sp³-hybridized carbons (Fsp3) is 0.522. The number of halogens is 1. The second-order valence-electron chi connectivity index (χ2n) is 8.63. The summed E-state index contributed by atoms with van der Waals surface area (Å²) in [7, 11) is -4.08. The van der Waals surface area contributed by atoms with Gasteiger partial charge in [-0.25, -0.2) is 14.2 Å². The molecule has 14 nitrogen and oxygen atoms in total. The van der Waals surface area contributed by atoms with Gasteiger partial charge in [-0.05, 0) is 24.6 Å². The van der Waals surface area contributed by atoms with Crippen molar-refractivity contribution >= 4 is 37.3 Å². The molecule has 0 saturated carbocycles. The summed E-state index contributed by atoms with van der Waals surface area (Å²) >= 11 is 6.07. The lowest BCUT2D eigenvalue weighted by Crippen LogP contribution is -2.40. The Morgan fingerprint density at radius 3 is 2.64 bits per heavy atom. The van der Waals surface area contributed by atoms with Crippen molar-refractivity contribution in [3.8, 4) is 0 Å². The molecule has 6 atom stereocenters. The number of benzene rings is 1. The number of carbonyl (C=O) groups excluding carboxylic acids is 3. The number of nitrogens with zero attached hydrogens (tertiary/aromatic N) is 3. The van der Waals surface area contributed by atoms with E-state index in [4.69, 9.17) is 39.4 Å². The second-order valence-corrected chi connectivity index (χ2v) is 10.7. The van der Waals surface area contributed by atoms with Crippen LogP contribution in [-0.2, 0) is 41.9 Å². The molecule has 0 radical (unpaired) electrons. The molecule has 1 N–H and O–H groups in total. The van der Waals surface area contributed by atoms with Crippen LogP contribution in [0.3, 0.4) is 0 Å². The van der Waals surface area contributed by atoms with Crippen LogP contribution in [0.2, 0.25) is 5.02 Å². The average molecular weight is 587 g/mol. The van der Waals surface area contributed by atoms with Crippen molar-refractivity contribution in [2.24, 2.45) is 0 Å². The van der Waals surface area contributed by atoms with E-state index in [9.17, 15) is 18.9 Å². The van der Waals surface area contributed by atoms with E-state index in [2.05, 4.69) is 15.4 Å². The van der Waals surface area contributed by atoms with E-state index in [0.29, 0.717) is 23.6 Å². The fourth-order valence-electron chi connectivity index (χ4n) is 4.12. The molecule has 39 heavy (non-hydrogen) atoms. The topological polar surface area (TPSA) is 166 Å². The van der Waals surface area contributed by atoms with Crippen LogP contribution in [0.1, 0.15) is 55.7 Å². The highest BCUT2D eigenvalue weighted by molar-refractivity contribution is 7.48. The SMILES string of the molecule is CCNC(=O)c1ncn(C2OC(COP3(=O)OCCC(c4cccc(Cl)c4)O3)C(OC(C)=O)C2OC(C)=O)n1. The van der Waals surface area contributed by atoms with Crippen LogP contribution in [0, 0.1) is 0 Å². The molecule has 3 heterocycles. The minimum absolute atomic E-state index is 0.0909. The monoisotopic (exact) mass is 586 g/mol. The standard InChI is InChI=1S/C23H28ClN4O10P/c1-4-25-22(31)21-26-12-28(27-21)23-20(36-14(3)30)19(35-13(2)29)18(37-23)11-34-39(32)33-9-8-17(38-39)15-6-5-7-16(24)10-15/h5-7,10,12,17-20,23H,4,8-9,11H2,1-3H3,(H,25,31). The number of amides is 1. The number of hydrogen-bond donors (Lipinski definition) is 1. The summed E-state index contributed by atoms with van der Waals surface area (Å²) in [5.74, 6) is -2.04. The second kappa shape index (κ2) is 12.5. The van der Waals surface area contributed by atoms with E-state index < -0.39 is 62.9 Å². The maximum atomic E-state index is 13.3. The number of carbonyl (C=O) groups is 3. The molecule has 2 aliphatic heterocycles. The number of hydrogen-bond acceptors (Lipinski definition) is 12. The number of esters is 2. The average Bonchev–Trinajstić information content (AvgIpc) is 3.48. The Bertz CT molecular complexity index is 1260. The van der Waals surface area contributed by atoms with Crippen molar-refractivity contribution in [1.29, 1.82) is 0 Å². The summed E-state index contributed by atoms with van der Waals surface area (Å²) in [6, 6.07) is 6.93. The molecule has 1 amide bonds. The molecule has 1 aromatic carbocycles. The third kappa shape index (κ3) is 7.21. The molecule has 2 saturated heterocycles.